The number of carboxylic acid groups (broad SMARTS) is 1. The molecule has 0 saturated carbocycles. The van der Waals surface area contributed by atoms with E-state index in [0.717, 1.165) is 17.5 Å². The van der Waals surface area contributed by atoms with Crippen molar-refractivity contribution in [1.82, 2.24) is 4.90 Å². The van der Waals surface area contributed by atoms with Gasteiger partial charge in [-0.25, -0.2) is 0 Å². The highest BCUT2D eigenvalue weighted by Crippen LogP contribution is 2.42. The summed E-state index contributed by atoms with van der Waals surface area (Å²) >= 11 is 0. The van der Waals surface area contributed by atoms with Crippen LogP contribution in [0.1, 0.15) is 36.9 Å². The van der Waals surface area contributed by atoms with E-state index in [-0.39, 0.29) is 6.04 Å². The molecule has 2 aromatic carbocycles. The molecule has 1 saturated heterocycles. The molecule has 0 amide bonds. The lowest BCUT2D eigenvalue weighted by Crippen LogP contribution is -2.39. The van der Waals surface area contributed by atoms with Crippen molar-refractivity contribution < 1.29 is 28.8 Å². The van der Waals surface area contributed by atoms with E-state index in [1.54, 1.807) is 21.3 Å². The first-order valence-electron chi connectivity index (χ1n) is 10.0. The van der Waals surface area contributed by atoms with Gasteiger partial charge < -0.3 is 24.1 Å². The first-order chi connectivity index (χ1) is 14.5. The Labute approximate surface area is 177 Å². The van der Waals surface area contributed by atoms with Crippen LogP contribution in [0.25, 0.3) is 0 Å². The van der Waals surface area contributed by atoms with Gasteiger partial charge in [0.05, 0.1) is 34.0 Å². The van der Waals surface area contributed by atoms with E-state index in [2.05, 4.69) is 0 Å². The number of carbonyl (C=O) groups is 1. The topological polar surface area (TPSA) is 77.5 Å². The number of carboxylic acids is 1. The summed E-state index contributed by atoms with van der Waals surface area (Å²) in [5.41, 5.74) is 1.78. The van der Waals surface area contributed by atoms with Crippen molar-refractivity contribution in [1.29, 1.82) is 0 Å². The fourth-order valence-electron chi connectivity index (χ4n) is 4.09. The van der Waals surface area contributed by atoms with E-state index in [9.17, 15) is 9.90 Å². The molecule has 1 N–H and O–H groups in total. The molecule has 1 fully saturated rings. The number of nitrogens with zero attached hydrogens (tertiary/aromatic N) is 1. The number of likely N-dealkylation sites (tertiary alicyclic amines) is 1. The molecule has 30 heavy (non-hydrogen) atoms. The van der Waals surface area contributed by atoms with E-state index >= 15 is 0 Å². The van der Waals surface area contributed by atoms with Gasteiger partial charge in [-0.05, 0) is 49.6 Å². The fraction of sp³-hybridized carbons (Fsp3) is 0.435. The van der Waals surface area contributed by atoms with Crippen molar-refractivity contribution in [3.63, 3.8) is 0 Å². The standard InChI is InChI=1S/C23H29NO6/c1-5-30-19-11-8-15(13-21(19)29-4)22(24-12-6-7-18(24)23(25)26)17-10-9-16(27-2)14-20(17)28-3/h8-11,13-14,18,22H,5-7,12H2,1-4H3,(H,25,26). The van der Waals surface area contributed by atoms with Crippen molar-refractivity contribution in [2.45, 2.75) is 31.8 Å². The van der Waals surface area contributed by atoms with Crippen molar-refractivity contribution in [2.75, 3.05) is 34.5 Å². The second-order valence-electron chi connectivity index (χ2n) is 7.09. The average Bonchev–Trinajstić information content (AvgIpc) is 3.25. The van der Waals surface area contributed by atoms with E-state index in [0.29, 0.717) is 42.6 Å². The predicted octanol–water partition coefficient (Wildman–Crippen LogP) is 3.75. The minimum atomic E-state index is -0.817. The van der Waals surface area contributed by atoms with Crippen LogP contribution in [0, 0.1) is 0 Å². The molecule has 1 aliphatic heterocycles. The van der Waals surface area contributed by atoms with Crippen molar-refractivity contribution in [3.05, 3.63) is 47.5 Å². The summed E-state index contributed by atoms with van der Waals surface area (Å²) in [5.74, 6) is 1.76. The Kier molecular flexibility index (Phi) is 7.05. The smallest absolute Gasteiger partial charge is 0.320 e. The van der Waals surface area contributed by atoms with Gasteiger partial charge in [0.1, 0.15) is 17.5 Å². The maximum absolute atomic E-state index is 12.0. The second kappa shape index (κ2) is 9.71. The molecule has 0 bridgehead atoms. The van der Waals surface area contributed by atoms with Crippen LogP contribution >= 0.6 is 0 Å². The zero-order valence-corrected chi connectivity index (χ0v) is 17.9. The highest BCUT2D eigenvalue weighted by atomic mass is 16.5. The molecular weight excluding hydrogens is 386 g/mol. The molecule has 2 aromatic rings. The largest absolute Gasteiger partial charge is 0.497 e. The maximum Gasteiger partial charge on any atom is 0.320 e. The minimum Gasteiger partial charge on any atom is -0.497 e. The quantitative estimate of drug-likeness (QED) is 0.668. The number of rotatable bonds is 9. The van der Waals surface area contributed by atoms with Crippen LogP contribution in [0.2, 0.25) is 0 Å². The van der Waals surface area contributed by atoms with Gasteiger partial charge in [-0.3, -0.25) is 9.69 Å². The Morgan fingerprint density at radius 1 is 1.07 bits per heavy atom. The Balaban J connectivity index is 2.15. The minimum absolute atomic E-state index is 0.320. The third-order valence-electron chi connectivity index (χ3n) is 5.45. The van der Waals surface area contributed by atoms with Crippen LogP contribution in [-0.4, -0.2) is 56.5 Å². The number of methoxy groups -OCH3 is 3. The summed E-state index contributed by atoms with van der Waals surface area (Å²) in [6.45, 7) is 3.12. The van der Waals surface area contributed by atoms with Gasteiger partial charge >= 0.3 is 5.97 Å². The number of hydrogen-bond donors (Lipinski definition) is 1. The van der Waals surface area contributed by atoms with Crippen LogP contribution in [0.4, 0.5) is 0 Å². The van der Waals surface area contributed by atoms with Gasteiger partial charge in [0.25, 0.3) is 0 Å². The van der Waals surface area contributed by atoms with Gasteiger partial charge in [0.2, 0.25) is 0 Å². The van der Waals surface area contributed by atoms with Crippen molar-refractivity contribution in [3.8, 4) is 23.0 Å². The zero-order chi connectivity index (χ0) is 21.7. The molecule has 1 aliphatic rings. The van der Waals surface area contributed by atoms with Crippen molar-refractivity contribution >= 4 is 5.97 Å². The molecular formula is C23H29NO6. The summed E-state index contributed by atoms with van der Waals surface area (Å²) in [4.78, 5) is 14.0. The average molecular weight is 415 g/mol. The Bertz CT molecular complexity index is 884. The van der Waals surface area contributed by atoms with Gasteiger partial charge in [-0.15, -0.1) is 0 Å². The SMILES string of the molecule is CCOc1ccc(C(c2ccc(OC)cc2OC)N2CCCC2C(=O)O)cc1OC. The number of aliphatic carboxylic acids is 1. The Morgan fingerprint density at radius 2 is 1.83 bits per heavy atom. The zero-order valence-electron chi connectivity index (χ0n) is 17.9. The van der Waals surface area contributed by atoms with Crippen molar-refractivity contribution in [2.24, 2.45) is 0 Å². The predicted molar refractivity (Wildman–Crippen MR) is 113 cm³/mol. The summed E-state index contributed by atoms with van der Waals surface area (Å²) < 4.78 is 22.2. The van der Waals surface area contributed by atoms with E-state index in [1.165, 1.54) is 0 Å². The number of hydrogen-bond acceptors (Lipinski definition) is 6. The molecule has 2 unspecified atom stereocenters. The second-order valence-corrected chi connectivity index (χ2v) is 7.09. The molecule has 162 valence electrons. The molecule has 2 atom stereocenters. The molecule has 0 aliphatic carbocycles. The number of ether oxygens (including phenoxy) is 4. The lowest BCUT2D eigenvalue weighted by atomic mass is 9.94. The van der Waals surface area contributed by atoms with Crippen LogP contribution in [0.15, 0.2) is 36.4 Å². The van der Waals surface area contributed by atoms with Gasteiger partial charge in [0, 0.05) is 18.2 Å². The Morgan fingerprint density at radius 3 is 2.47 bits per heavy atom. The van der Waals surface area contributed by atoms with Crippen LogP contribution in [0.5, 0.6) is 23.0 Å². The normalized spacial score (nSPS) is 17.4. The van der Waals surface area contributed by atoms with Gasteiger partial charge in [0.15, 0.2) is 11.5 Å². The molecule has 3 rings (SSSR count). The molecule has 0 spiro atoms. The monoisotopic (exact) mass is 415 g/mol. The summed E-state index contributed by atoms with van der Waals surface area (Å²) in [5, 5.41) is 9.81. The van der Waals surface area contributed by atoms with E-state index in [4.69, 9.17) is 18.9 Å². The van der Waals surface area contributed by atoms with Crippen LogP contribution < -0.4 is 18.9 Å². The highest BCUT2D eigenvalue weighted by molar-refractivity contribution is 5.74. The molecule has 0 aromatic heterocycles. The number of benzene rings is 2. The van der Waals surface area contributed by atoms with Gasteiger partial charge in [-0.1, -0.05) is 6.07 Å². The maximum atomic E-state index is 12.0. The molecule has 7 heteroatoms. The Hall–Kier alpha value is -2.93. The molecule has 0 radical (unpaired) electrons. The summed E-state index contributed by atoms with van der Waals surface area (Å²) in [6.07, 6.45) is 1.43. The van der Waals surface area contributed by atoms with Crippen LogP contribution in [-0.2, 0) is 4.79 Å². The van der Waals surface area contributed by atoms with Gasteiger partial charge in [-0.2, -0.15) is 0 Å². The highest BCUT2D eigenvalue weighted by Gasteiger charge is 2.38. The van der Waals surface area contributed by atoms with E-state index in [1.807, 2.05) is 48.2 Å². The first kappa shape index (κ1) is 21.8. The van der Waals surface area contributed by atoms with E-state index < -0.39 is 12.0 Å². The van der Waals surface area contributed by atoms with Crippen LogP contribution in [0.3, 0.4) is 0 Å². The molecule has 1 heterocycles. The third kappa shape index (κ3) is 4.31. The first-order valence-corrected chi connectivity index (χ1v) is 10.0. The summed E-state index contributed by atoms with van der Waals surface area (Å²) in [6, 6.07) is 10.5. The molecule has 7 nitrogen and oxygen atoms in total. The fourth-order valence-corrected chi connectivity index (χ4v) is 4.09. The summed E-state index contributed by atoms with van der Waals surface area (Å²) in [7, 11) is 4.80. The third-order valence-corrected chi connectivity index (χ3v) is 5.45. The lowest BCUT2D eigenvalue weighted by molar-refractivity contribution is -0.142. The lowest BCUT2D eigenvalue weighted by Gasteiger charge is -2.33.